The Bertz CT molecular complexity index is 610. The molecule has 98 valence electrons. The van der Waals surface area contributed by atoms with E-state index < -0.39 is 17.3 Å². The van der Waals surface area contributed by atoms with Crippen LogP contribution < -0.4 is 4.74 Å². The van der Waals surface area contributed by atoms with Crippen molar-refractivity contribution in [1.82, 2.24) is 0 Å². The van der Waals surface area contributed by atoms with Crippen molar-refractivity contribution in [3.8, 4) is 11.5 Å². The van der Waals surface area contributed by atoms with Crippen molar-refractivity contribution < 1.29 is 24.1 Å². The van der Waals surface area contributed by atoms with Crippen LogP contribution >= 0.6 is 0 Å². The Morgan fingerprint density at radius 3 is 2.63 bits per heavy atom. The molecule has 0 unspecified atom stereocenters. The highest BCUT2D eigenvalue weighted by Crippen LogP contribution is 2.25. The van der Waals surface area contributed by atoms with E-state index in [1.807, 2.05) is 0 Å². The Hall–Kier alpha value is -2.56. The standard InChI is InChI=1S/C14H11FO4/c15-11-6-5-9(7-10(11)14(17)18)8-19-13-4-2-1-3-12(13)16/h1-7,16H,8H2,(H,17,18). The maximum atomic E-state index is 13.2. The van der Waals surface area contributed by atoms with Crippen molar-refractivity contribution in [3.05, 3.63) is 59.4 Å². The van der Waals surface area contributed by atoms with Gasteiger partial charge in [0.15, 0.2) is 11.5 Å². The number of hydrogen-bond donors (Lipinski definition) is 2. The fourth-order valence-electron chi connectivity index (χ4n) is 1.57. The van der Waals surface area contributed by atoms with Gasteiger partial charge in [0.05, 0.1) is 5.56 Å². The van der Waals surface area contributed by atoms with Gasteiger partial charge in [-0.1, -0.05) is 18.2 Å². The topological polar surface area (TPSA) is 66.8 Å². The number of phenols is 1. The zero-order valence-electron chi connectivity index (χ0n) is 9.84. The van der Waals surface area contributed by atoms with Crippen molar-refractivity contribution in [2.45, 2.75) is 6.61 Å². The first-order valence-corrected chi connectivity index (χ1v) is 5.50. The lowest BCUT2D eigenvalue weighted by atomic mass is 10.1. The first-order chi connectivity index (χ1) is 9.08. The second-order valence-corrected chi connectivity index (χ2v) is 3.88. The Morgan fingerprint density at radius 1 is 1.21 bits per heavy atom. The summed E-state index contributed by atoms with van der Waals surface area (Å²) in [7, 11) is 0. The molecule has 5 heteroatoms. The number of aromatic carboxylic acids is 1. The highest BCUT2D eigenvalue weighted by molar-refractivity contribution is 5.88. The Morgan fingerprint density at radius 2 is 1.95 bits per heavy atom. The molecular weight excluding hydrogens is 251 g/mol. The van der Waals surface area contributed by atoms with Crippen LogP contribution in [0, 0.1) is 5.82 Å². The molecule has 19 heavy (non-hydrogen) atoms. The van der Waals surface area contributed by atoms with Crippen LogP contribution in [0.15, 0.2) is 42.5 Å². The lowest BCUT2D eigenvalue weighted by Gasteiger charge is -2.08. The molecule has 0 fully saturated rings. The van der Waals surface area contributed by atoms with Gasteiger partial charge in [0.1, 0.15) is 12.4 Å². The number of aromatic hydroxyl groups is 1. The van der Waals surface area contributed by atoms with Gasteiger partial charge in [-0.05, 0) is 29.8 Å². The molecule has 0 aliphatic rings. The van der Waals surface area contributed by atoms with Gasteiger partial charge in [0.25, 0.3) is 0 Å². The fraction of sp³-hybridized carbons (Fsp3) is 0.0714. The highest BCUT2D eigenvalue weighted by atomic mass is 19.1. The Labute approximate surface area is 108 Å². The first-order valence-electron chi connectivity index (χ1n) is 5.50. The van der Waals surface area contributed by atoms with Crippen molar-refractivity contribution in [2.75, 3.05) is 0 Å². The summed E-state index contributed by atoms with van der Waals surface area (Å²) in [5, 5.41) is 18.3. The van der Waals surface area contributed by atoms with Crippen LogP contribution in [0.1, 0.15) is 15.9 Å². The van der Waals surface area contributed by atoms with Crippen LogP contribution in [-0.2, 0) is 6.61 Å². The van der Waals surface area contributed by atoms with E-state index in [9.17, 15) is 14.3 Å². The summed E-state index contributed by atoms with van der Waals surface area (Å²) >= 11 is 0. The largest absolute Gasteiger partial charge is 0.504 e. The molecule has 0 atom stereocenters. The predicted octanol–water partition coefficient (Wildman–Crippen LogP) is 2.81. The summed E-state index contributed by atoms with van der Waals surface area (Å²) in [5.41, 5.74) is 0.0976. The SMILES string of the molecule is O=C(O)c1cc(COc2ccccc2O)ccc1F. The molecule has 0 bridgehead atoms. The number of phenolic OH excluding ortho intramolecular Hbond substituents is 1. The average molecular weight is 262 g/mol. The van der Waals surface area contributed by atoms with Crippen LogP contribution in [0.2, 0.25) is 0 Å². The molecular formula is C14H11FO4. The smallest absolute Gasteiger partial charge is 0.338 e. The number of halogens is 1. The third-order valence-corrected chi connectivity index (χ3v) is 2.52. The minimum atomic E-state index is -1.33. The van der Waals surface area contributed by atoms with Gasteiger partial charge in [-0.3, -0.25) is 0 Å². The van der Waals surface area contributed by atoms with Gasteiger partial charge in [0, 0.05) is 0 Å². The molecule has 0 radical (unpaired) electrons. The number of para-hydroxylation sites is 2. The van der Waals surface area contributed by atoms with Crippen LogP contribution in [0.5, 0.6) is 11.5 Å². The molecule has 0 saturated carbocycles. The van der Waals surface area contributed by atoms with E-state index in [-0.39, 0.29) is 18.1 Å². The van der Waals surface area contributed by atoms with Crippen LogP contribution in [-0.4, -0.2) is 16.2 Å². The predicted molar refractivity (Wildman–Crippen MR) is 65.8 cm³/mol. The summed E-state index contributed by atoms with van der Waals surface area (Å²) in [6, 6.07) is 10.1. The van der Waals surface area contributed by atoms with Crippen LogP contribution in [0.4, 0.5) is 4.39 Å². The van der Waals surface area contributed by atoms with E-state index in [4.69, 9.17) is 9.84 Å². The fourth-order valence-corrected chi connectivity index (χ4v) is 1.57. The number of ether oxygens (including phenoxy) is 1. The molecule has 2 rings (SSSR count). The van der Waals surface area contributed by atoms with Gasteiger partial charge >= 0.3 is 5.97 Å². The van der Waals surface area contributed by atoms with E-state index >= 15 is 0 Å². The first kappa shape index (κ1) is 12.9. The molecule has 0 aliphatic heterocycles. The van der Waals surface area contributed by atoms with E-state index in [2.05, 4.69) is 0 Å². The number of rotatable bonds is 4. The van der Waals surface area contributed by atoms with Crippen molar-refractivity contribution in [2.24, 2.45) is 0 Å². The lowest BCUT2D eigenvalue weighted by Crippen LogP contribution is -2.03. The molecule has 0 heterocycles. The summed E-state index contributed by atoms with van der Waals surface area (Å²) in [6.07, 6.45) is 0. The summed E-state index contributed by atoms with van der Waals surface area (Å²) in [4.78, 5) is 10.8. The molecule has 2 N–H and O–H groups in total. The van der Waals surface area contributed by atoms with Crippen LogP contribution in [0.25, 0.3) is 0 Å². The quantitative estimate of drug-likeness (QED) is 0.889. The number of hydrogen-bond acceptors (Lipinski definition) is 3. The van der Waals surface area contributed by atoms with Crippen molar-refractivity contribution in [1.29, 1.82) is 0 Å². The highest BCUT2D eigenvalue weighted by Gasteiger charge is 2.11. The zero-order chi connectivity index (χ0) is 13.8. The number of carbonyl (C=O) groups is 1. The monoisotopic (exact) mass is 262 g/mol. The van der Waals surface area contributed by atoms with Gasteiger partial charge < -0.3 is 14.9 Å². The minimum Gasteiger partial charge on any atom is -0.504 e. The maximum absolute atomic E-state index is 13.2. The number of carboxylic acids is 1. The summed E-state index contributed by atoms with van der Waals surface area (Å²) in [5.74, 6) is -1.85. The van der Waals surface area contributed by atoms with Gasteiger partial charge in [0.2, 0.25) is 0 Å². The van der Waals surface area contributed by atoms with Gasteiger partial charge in [-0.25, -0.2) is 9.18 Å². The molecule has 0 saturated heterocycles. The summed E-state index contributed by atoms with van der Waals surface area (Å²) in [6.45, 7) is 0.0398. The third kappa shape index (κ3) is 3.01. The molecule has 0 aliphatic carbocycles. The molecule has 4 nitrogen and oxygen atoms in total. The molecule has 2 aromatic rings. The second-order valence-electron chi connectivity index (χ2n) is 3.88. The lowest BCUT2D eigenvalue weighted by molar-refractivity contribution is 0.0691. The maximum Gasteiger partial charge on any atom is 0.338 e. The van der Waals surface area contributed by atoms with E-state index in [0.717, 1.165) is 6.07 Å². The molecule has 0 amide bonds. The van der Waals surface area contributed by atoms with E-state index in [1.165, 1.54) is 18.2 Å². The molecule has 2 aromatic carbocycles. The minimum absolute atomic E-state index is 0.0110. The Balaban J connectivity index is 2.14. The normalized spacial score (nSPS) is 10.2. The van der Waals surface area contributed by atoms with Gasteiger partial charge in [-0.15, -0.1) is 0 Å². The van der Waals surface area contributed by atoms with Crippen LogP contribution in [0.3, 0.4) is 0 Å². The number of carboxylic acid groups (broad SMARTS) is 1. The van der Waals surface area contributed by atoms with Gasteiger partial charge in [-0.2, -0.15) is 0 Å². The van der Waals surface area contributed by atoms with E-state index in [1.54, 1.807) is 18.2 Å². The molecule has 0 aromatic heterocycles. The van der Waals surface area contributed by atoms with E-state index in [0.29, 0.717) is 5.56 Å². The second kappa shape index (κ2) is 5.39. The van der Waals surface area contributed by atoms with Crippen molar-refractivity contribution in [3.63, 3.8) is 0 Å². The van der Waals surface area contributed by atoms with Crippen molar-refractivity contribution >= 4 is 5.97 Å². The molecule has 0 spiro atoms. The average Bonchev–Trinajstić information content (AvgIpc) is 2.39. The summed E-state index contributed by atoms with van der Waals surface area (Å²) < 4.78 is 18.5. The number of benzene rings is 2. The Kier molecular flexibility index (Phi) is 3.66. The third-order valence-electron chi connectivity index (χ3n) is 2.52. The zero-order valence-corrected chi connectivity index (χ0v) is 9.84.